The fourth-order valence-corrected chi connectivity index (χ4v) is 7.08. The highest BCUT2D eigenvalue weighted by Crippen LogP contribution is 2.34. The second-order valence-electron chi connectivity index (χ2n) is 11.3. The largest absolute Gasteiger partial charge is 0.467 e. The highest BCUT2D eigenvalue weighted by Gasteiger charge is 2.35. The first-order chi connectivity index (χ1) is 20.0. The lowest BCUT2D eigenvalue weighted by atomic mass is 9.95. The molecule has 0 bridgehead atoms. The molecule has 0 saturated carbocycles. The normalized spacial score (nSPS) is 16.7. The van der Waals surface area contributed by atoms with E-state index in [0.717, 1.165) is 85.4 Å². The number of amides is 1. The van der Waals surface area contributed by atoms with Crippen molar-refractivity contribution in [3.8, 4) is 0 Å². The molecule has 1 unspecified atom stereocenters. The van der Waals surface area contributed by atoms with Crippen LogP contribution in [0.4, 0.5) is 15.8 Å². The summed E-state index contributed by atoms with van der Waals surface area (Å²) in [6.45, 7) is 6.66. The van der Waals surface area contributed by atoms with Gasteiger partial charge in [-0.1, -0.05) is 51.2 Å². The Kier molecular flexibility index (Phi) is 9.93. The summed E-state index contributed by atoms with van der Waals surface area (Å²) < 4.78 is 20.4. The molecule has 220 valence electrons. The van der Waals surface area contributed by atoms with Gasteiger partial charge in [-0.15, -0.1) is 11.3 Å². The van der Waals surface area contributed by atoms with Gasteiger partial charge < -0.3 is 9.64 Å². The molecule has 2 aliphatic heterocycles. The summed E-state index contributed by atoms with van der Waals surface area (Å²) in [5, 5.41) is 3.15. The van der Waals surface area contributed by atoms with Crippen LogP contribution in [0, 0.1) is 5.82 Å². The fourth-order valence-electron chi connectivity index (χ4n) is 6.25. The van der Waals surface area contributed by atoms with E-state index in [-0.39, 0.29) is 17.7 Å². The van der Waals surface area contributed by atoms with Crippen LogP contribution < -0.4 is 9.80 Å². The Morgan fingerprint density at radius 1 is 1.00 bits per heavy atom. The topological polar surface area (TPSA) is 53.1 Å². The number of anilines is 2. The van der Waals surface area contributed by atoms with Gasteiger partial charge in [-0.2, -0.15) is 0 Å². The van der Waals surface area contributed by atoms with Gasteiger partial charge in [0.15, 0.2) is 0 Å². The zero-order valence-electron chi connectivity index (χ0n) is 24.4. The highest BCUT2D eigenvalue weighted by molar-refractivity contribution is 7.17. The third kappa shape index (κ3) is 6.92. The zero-order valence-corrected chi connectivity index (χ0v) is 25.2. The minimum absolute atomic E-state index is 0.00630. The predicted molar refractivity (Wildman–Crippen MR) is 166 cm³/mol. The highest BCUT2D eigenvalue weighted by atomic mass is 32.1. The van der Waals surface area contributed by atoms with E-state index < -0.39 is 6.04 Å². The van der Waals surface area contributed by atoms with Crippen molar-refractivity contribution in [3.63, 3.8) is 0 Å². The number of benzene rings is 2. The second-order valence-corrected chi connectivity index (χ2v) is 12.3. The van der Waals surface area contributed by atoms with Crippen molar-refractivity contribution in [1.82, 2.24) is 4.90 Å². The van der Waals surface area contributed by atoms with Crippen molar-refractivity contribution in [2.75, 3.05) is 49.6 Å². The Morgan fingerprint density at radius 2 is 1.80 bits per heavy atom. The minimum atomic E-state index is -0.575. The number of unbranched alkanes of at least 4 members (excludes halogenated alkanes) is 4. The molecule has 5 rings (SSSR count). The summed E-state index contributed by atoms with van der Waals surface area (Å²) in [5.41, 5.74) is 4.16. The van der Waals surface area contributed by atoms with Gasteiger partial charge in [0.25, 0.3) is 0 Å². The van der Waals surface area contributed by atoms with Crippen LogP contribution in [-0.4, -0.2) is 62.7 Å². The van der Waals surface area contributed by atoms with Gasteiger partial charge in [-0.05, 0) is 60.0 Å². The lowest BCUT2D eigenvalue weighted by Gasteiger charge is -2.37. The molecule has 41 heavy (non-hydrogen) atoms. The molecule has 3 aromatic rings. The summed E-state index contributed by atoms with van der Waals surface area (Å²) in [7, 11) is 1.41. The third-order valence-corrected chi connectivity index (χ3v) is 9.46. The van der Waals surface area contributed by atoms with Crippen molar-refractivity contribution in [1.29, 1.82) is 0 Å². The molecule has 1 atom stereocenters. The molecule has 1 saturated heterocycles. The molecule has 2 aliphatic rings. The number of halogens is 1. The number of aryl methyl sites for hydroxylation is 1. The fraction of sp³-hybridized carbons (Fsp3) is 0.515. The predicted octanol–water partition coefficient (Wildman–Crippen LogP) is 6.59. The molecular weight excluding hydrogens is 537 g/mol. The van der Waals surface area contributed by atoms with Gasteiger partial charge in [0.1, 0.15) is 11.9 Å². The number of carbonyl (C=O) groups excluding carboxylic acids is 2. The number of nitrogens with zero attached hydrogens (tertiary/aromatic N) is 3. The Morgan fingerprint density at radius 3 is 2.59 bits per heavy atom. The van der Waals surface area contributed by atoms with Crippen LogP contribution in [0.25, 0.3) is 10.1 Å². The Balaban J connectivity index is 1.23. The number of rotatable bonds is 12. The quantitative estimate of drug-likeness (QED) is 0.179. The number of ether oxygens (including phenoxy) is 1. The van der Waals surface area contributed by atoms with Crippen molar-refractivity contribution < 1.29 is 18.7 Å². The van der Waals surface area contributed by atoms with Crippen LogP contribution in [0.5, 0.6) is 0 Å². The van der Waals surface area contributed by atoms with E-state index in [1.807, 2.05) is 5.38 Å². The third-order valence-electron chi connectivity index (χ3n) is 8.60. The molecule has 0 N–H and O–H groups in total. The van der Waals surface area contributed by atoms with Crippen LogP contribution >= 0.6 is 11.3 Å². The first-order valence-corrected chi connectivity index (χ1v) is 16.0. The Hall–Kier alpha value is -2.97. The first kappa shape index (κ1) is 29.5. The lowest BCUT2D eigenvalue weighted by Crippen LogP contribution is -2.48. The van der Waals surface area contributed by atoms with Gasteiger partial charge >= 0.3 is 5.97 Å². The zero-order chi connectivity index (χ0) is 28.8. The number of fused-ring (bicyclic) bond motifs is 2. The smallest absolute Gasteiger partial charge is 0.328 e. The summed E-state index contributed by atoms with van der Waals surface area (Å²) in [6, 6.07) is 11.2. The van der Waals surface area contributed by atoms with E-state index in [1.165, 1.54) is 25.5 Å². The van der Waals surface area contributed by atoms with Crippen molar-refractivity contribution >= 4 is 44.7 Å². The molecule has 1 amide bonds. The monoisotopic (exact) mass is 579 g/mol. The summed E-state index contributed by atoms with van der Waals surface area (Å²) in [4.78, 5) is 32.5. The van der Waals surface area contributed by atoms with Crippen molar-refractivity contribution in [3.05, 3.63) is 58.7 Å². The number of methoxy groups -OCH3 is 1. The van der Waals surface area contributed by atoms with E-state index in [9.17, 15) is 14.0 Å². The van der Waals surface area contributed by atoms with Gasteiger partial charge in [0, 0.05) is 60.6 Å². The van der Waals surface area contributed by atoms with Crippen LogP contribution in [0.2, 0.25) is 0 Å². The SMILES string of the molecule is CCCCCCCC(C(=O)OC)N1C(=O)CCc2ccc(CCN3CCN(c4cc(F)cc5sccc45)CC3)cc21. The summed E-state index contributed by atoms with van der Waals surface area (Å²) in [5.74, 6) is -0.502. The van der Waals surface area contributed by atoms with Gasteiger partial charge in [0.2, 0.25) is 5.91 Å². The number of hydrogen-bond acceptors (Lipinski definition) is 6. The maximum absolute atomic E-state index is 14.2. The molecular formula is C33H42FN3O3S. The molecule has 1 aromatic heterocycles. The maximum atomic E-state index is 14.2. The molecule has 1 fully saturated rings. The molecule has 0 spiro atoms. The number of carbonyl (C=O) groups is 2. The van der Waals surface area contributed by atoms with Crippen molar-refractivity contribution in [2.45, 2.75) is 70.8 Å². The van der Waals surface area contributed by atoms with Crippen LogP contribution in [0.1, 0.15) is 63.0 Å². The molecule has 3 heterocycles. The Bertz CT molecular complexity index is 1350. The average Bonchev–Trinajstić information content (AvgIpc) is 3.46. The van der Waals surface area contributed by atoms with Crippen LogP contribution in [-0.2, 0) is 27.2 Å². The number of hydrogen-bond donors (Lipinski definition) is 0. The lowest BCUT2D eigenvalue weighted by molar-refractivity contribution is -0.143. The number of thiophene rings is 1. The van der Waals surface area contributed by atoms with Crippen LogP contribution in [0.3, 0.4) is 0 Å². The second kappa shape index (κ2) is 13.8. The molecule has 2 aromatic carbocycles. The van der Waals surface area contributed by atoms with Gasteiger partial charge in [-0.25, -0.2) is 9.18 Å². The molecule has 0 aliphatic carbocycles. The first-order valence-electron chi connectivity index (χ1n) is 15.1. The standard InChI is InChI=1S/C33H42FN3O3S/c1-3-4-5-6-7-8-28(33(39)40-2)37-29-21-24(9-10-25(29)11-12-32(37)38)13-15-35-16-18-36(19-17-35)30-22-26(34)23-31-27(30)14-20-41-31/h9-10,14,20-23,28H,3-8,11-13,15-19H2,1-2H3. The van der Waals surface area contributed by atoms with E-state index in [4.69, 9.17) is 4.74 Å². The van der Waals surface area contributed by atoms with Gasteiger partial charge in [-0.3, -0.25) is 14.6 Å². The minimum Gasteiger partial charge on any atom is -0.467 e. The van der Waals surface area contributed by atoms with E-state index in [1.54, 1.807) is 28.4 Å². The molecule has 6 nitrogen and oxygen atoms in total. The van der Waals surface area contributed by atoms with E-state index >= 15 is 0 Å². The molecule has 0 radical (unpaired) electrons. The van der Waals surface area contributed by atoms with E-state index in [2.05, 4.69) is 41.0 Å². The molecule has 8 heteroatoms. The summed E-state index contributed by atoms with van der Waals surface area (Å²) >= 11 is 1.58. The Labute approximate surface area is 247 Å². The average molecular weight is 580 g/mol. The van der Waals surface area contributed by atoms with Crippen LogP contribution in [0.15, 0.2) is 41.8 Å². The summed E-state index contributed by atoms with van der Waals surface area (Å²) in [6.07, 6.45) is 8.08. The maximum Gasteiger partial charge on any atom is 0.328 e. The number of esters is 1. The number of piperazine rings is 1. The van der Waals surface area contributed by atoms with Gasteiger partial charge in [0.05, 0.1) is 7.11 Å². The van der Waals surface area contributed by atoms with E-state index in [0.29, 0.717) is 19.3 Å². The van der Waals surface area contributed by atoms with Crippen molar-refractivity contribution in [2.24, 2.45) is 0 Å².